The maximum atomic E-state index is 12.6. The molecule has 0 aliphatic carbocycles. The maximum Gasteiger partial charge on any atom is 0.277 e. The maximum absolute atomic E-state index is 12.6. The van der Waals surface area contributed by atoms with E-state index in [0.29, 0.717) is 27.8 Å². The predicted molar refractivity (Wildman–Crippen MR) is 108 cm³/mol. The number of benzene rings is 2. The zero-order valence-corrected chi connectivity index (χ0v) is 16.6. The second-order valence-corrected chi connectivity index (χ2v) is 8.76. The molecule has 3 aromatic rings. The van der Waals surface area contributed by atoms with Gasteiger partial charge in [0.15, 0.2) is 9.84 Å². The predicted octanol–water partition coefficient (Wildman–Crippen LogP) is 3.67. The van der Waals surface area contributed by atoms with Crippen molar-refractivity contribution in [3.8, 4) is 11.5 Å². The Morgan fingerprint density at radius 3 is 2.57 bits per heavy atom. The van der Waals surface area contributed by atoms with Crippen molar-refractivity contribution in [2.45, 2.75) is 10.1 Å². The Kier molecular flexibility index (Phi) is 5.96. The summed E-state index contributed by atoms with van der Waals surface area (Å²) in [5.74, 6) is 0.548. The number of para-hydroxylation sites is 1. The van der Waals surface area contributed by atoms with Crippen LogP contribution in [0.15, 0.2) is 75.7 Å². The second-order valence-electron chi connectivity index (χ2n) is 5.77. The zero-order chi connectivity index (χ0) is 20.1. The van der Waals surface area contributed by atoms with Crippen LogP contribution in [-0.4, -0.2) is 36.5 Å². The Bertz CT molecular complexity index is 1110. The minimum absolute atomic E-state index is 0.153. The van der Waals surface area contributed by atoms with Crippen LogP contribution in [0.2, 0.25) is 0 Å². The number of hydrogen-bond donors (Lipinski definition) is 1. The summed E-state index contributed by atoms with van der Waals surface area (Å²) in [6.07, 6.45) is 2.85. The highest BCUT2D eigenvalue weighted by atomic mass is 32.2. The number of nitrogens with one attached hydrogen (secondary N) is 1. The number of thioether (sulfide) groups is 1. The number of rotatable bonds is 7. The van der Waals surface area contributed by atoms with Crippen molar-refractivity contribution in [2.75, 3.05) is 17.3 Å². The molecule has 0 spiro atoms. The van der Waals surface area contributed by atoms with Crippen molar-refractivity contribution in [3.63, 3.8) is 0 Å². The summed E-state index contributed by atoms with van der Waals surface area (Å²) in [5.41, 5.74) is 1.42. The lowest BCUT2D eigenvalue weighted by Crippen LogP contribution is -2.13. The first-order valence-electron chi connectivity index (χ1n) is 8.16. The Labute approximate surface area is 166 Å². The first kappa shape index (κ1) is 19.8. The van der Waals surface area contributed by atoms with Gasteiger partial charge in [0.25, 0.3) is 17.0 Å². The van der Waals surface area contributed by atoms with Crippen LogP contribution in [0.25, 0.3) is 11.5 Å². The molecule has 0 saturated carbocycles. The lowest BCUT2D eigenvalue weighted by molar-refractivity contribution is 0.102. The summed E-state index contributed by atoms with van der Waals surface area (Å²) in [6.45, 7) is 3.64. The highest BCUT2D eigenvalue weighted by molar-refractivity contribution is 7.99. The normalized spacial score (nSPS) is 11.2. The van der Waals surface area contributed by atoms with E-state index >= 15 is 0 Å². The standard InChI is InChI=1S/C19H17N3O4S2/c1-3-12-27-19-22-21-18(26-19)15-6-4-5-7-16(15)20-17(23)13-8-10-14(11-9-13)28(2,24)25/h3-11H,1,12H2,2H3,(H,20,23). The van der Waals surface area contributed by atoms with E-state index in [2.05, 4.69) is 22.1 Å². The highest BCUT2D eigenvalue weighted by Gasteiger charge is 2.16. The number of sulfone groups is 1. The van der Waals surface area contributed by atoms with Crippen LogP contribution in [0.4, 0.5) is 5.69 Å². The molecule has 28 heavy (non-hydrogen) atoms. The van der Waals surface area contributed by atoms with Gasteiger partial charge in [-0.1, -0.05) is 30.0 Å². The first-order valence-corrected chi connectivity index (χ1v) is 11.0. The van der Waals surface area contributed by atoms with E-state index < -0.39 is 9.84 Å². The molecule has 1 aromatic heterocycles. The van der Waals surface area contributed by atoms with Gasteiger partial charge >= 0.3 is 0 Å². The first-order chi connectivity index (χ1) is 13.4. The summed E-state index contributed by atoms with van der Waals surface area (Å²) in [6, 6.07) is 12.8. The van der Waals surface area contributed by atoms with Crippen LogP contribution < -0.4 is 5.32 Å². The summed E-state index contributed by atoms with van der Waals surface area (Å²) < 4.78 is 28.7. The zero-order valence-electron chi connectivity index (χ0n) is 15.0. The average molecular weight is 415 g/mol. The van der Waals surface area contributed by atoms with E-state index in [1.54, 1.807) is 30.3 Å². The fourth-order valence-electron chi connectivity index (χ4n) is 2.33. The van der Waals surface area contributed by atoms with E-state index in [1.165, 1.54) is 36.0 Å². The lowest BCUT2D eigenvalue weighted by Gasteiger charge is -2.09. The van der Waals surface area contributed by atoms with Gasteiger partial charge in [0.05, 0.1) is 16.1 Å². The number of amides is 1. The van der Waals surface area contributed by atoms with Gasteiger partial charge in [0.2, 0.25) is 0 Å². The molecule has 0 atom stereocenters. The highest BCUT2D eigenvalue weighted by Crippen LogP contribution is 2.29. The molecular weight excluding hydrogens is 398 g/mol. The molecule has 0 bridgehead atoms. The van der Waals surface area contributed by atoms with Gasteiger partial charge in [-0.25, -0.2) is 8.42 Å². The van der Waals surface area contributed by atoms with Crippen LogP contribution in [0.3, 0.4) is 0 Å². The molecule has 144 valence electrons. The smallest absolute Gasteiger partial charge is 0.277 e. The van der Waals surface area contributed by atoms with E-state index in [0.717, 1.165) is 6.26 Å². The van der Waals surface area contributed by atoms with Gasteiger partial charge in [-0.3, -0.25) is 4.79 Å². The number of aromatic nitrogens is 2. The van der Waals surface area contributed by atoms with Crippen LogP contribution in [0.5, 0.6) is 0 Å². The summed E-state index contributed by atoms with van der Waals surface area (Å²) in [7, 11) is -3.32. The minimum Gasteiger partial charge on any atom is -0.411 e. The molecule has 0 aliphatic rings. The minimum atomic E-state index is -3.32. The van der Waals surface area contributed by atoms with E-state index in [-0.39, 0.29) is 16.7 Å². The fourth-order valence-corrected chi connectivity index (χ4v) is 3.46. The summed E-state index contributed by atoms with van der Waals surface area (Å²) in [5, 5.41) is 11.2. The van der Waals surface area contributed by atoms with Gasteiger partial charge in [-0.15, -0.1) is 16.8 Å². The quantitative estimate of drug-likeness (QED) is 0.464. The van der Waals surface area contributed by atoms with Crippen molar-refractivity contribution in [2.24, 2.45) is 0 Å². The number of anilines is 1. The molecule has 0 aliphatic heterocycles. The molecule has 0 fully saturated rings. The van der Waals surface area contributed by atoms with Crippen LogP contribution in [-0.2, 0) is 9.84 Å². The van der Waals surface area contributed by atoms with Crippen molar-refractivity contribution < 1.29 is 17.6 Å². The fraction of sp³-hybridized carbons (Fsp3) is 0.105. The number of carbonyl (C=O) groups excluding carboxylic acids is 1. The monoisotopic (exact) mass is 415 g/mol. The molecule has 0 radical (unpaired) electrons. The van der Waals surface area contributed by atoms with Crippen molar-refractivity contribution >= 4 is 33.2 Å². The van der Waals surface area contributed by atoms with Gasteiger partial charge < -0.3 is 9.73 Å². The summed E-state index contributed by atoms with van der Waals surface area (Å²) >= 11 is 1.36. The molecule has 0 saturated heterocycles. The number of nitrogens with zero attached hydrogens (tertiary/aromatic N) is 2. The molecule has 1 N–H and O–H groups in total. The van der Waals surface area contributed by atoms with Crippen LogP contribution in [0, 0.1) is 0 Å². The van der Waals surface area contributed by atoms with Crippen LogP contribution >= 0.6 is 11.8 Å². The van der Waals surface area contributed by atoms with E-state index in [9.17, 15) is 13.2 Å². The van der Waals surface area contributed by atoms with Gasteiger partial charge in [-0.05, 0) is 36.4 Å². The second kappa shape index (κ2) is 8.41. The van der Waals surface area contributed by atoms with E-state index in [1.807, 2.05) is 0 Å². The third-order valence-electron chi connectivity index (χ3n) is 3.68. The largest absolute Gasteiger partial charge is 0.411 e. The molecule has 1 heterocycles. The number of carbonyl (C=O) groups is 1. The SMILES string of the molecule is C=CCSc1nnc(-c2ccccc2NC(=O)c2ccc(S(C)(=O)=O)cc2)o1. The molecule has 2 aromatic carbocycles. The topological polar surface area (TPSA) is 102 Å². The van der Waals surface area contributed by atoms with Crippen molar-refractivity contribution in [3.05, 3.63) is 66.7 Å². The third-order valence-corrected chi connectivity index (χ3v) is 5.62. The molecule has 9 heteroatoms. The number of hydrogen-bond acceptors (Lipinski definition) is 7. The third kappa shape index (κ3) is 4.68. The molecule has 1 amide bonds. The Hall–Kier alpha value is -2.91. The van der Waals surface area contributed by atoms with Crippen molar-refractivity contribution in [1.29, 1.82) is 0 Å². The molecular formula is C19H17N3O4S2. The Morgan fingerprint density at radius 2 is 1.89 bits per heavy atom. The van der Waals surface area contributed by atoms with Gasteiger partial charge in [0, 0.05) is 17.6 Å². The van der Waals surface area contributed by atoms with Crippen molar-refractivity contribution in [1.82, 2.24) is 10.2 Å². The summed E-state index contributed by atoms with van der Waals surface area (Å²) in [4.78, 5) is 12.7. The molecule has 0 unspecified atom stereocenters. The lowest BCUT2D eigenvalue weighted by atomic mass is 10.1. The van der Waals surface area contributed by atoms with E-state index in [4.69, 9.17) is 4.42 Å². The molecule has 7 nitrogen and oxygen atoms in total. The molecule has 3 rings (SSSR count). The van der Waals surface area contributed by atoms with Gasteiger partial charge in [-0.2, -0.15) is 0 Å². The Balaban J connectivity index is 1.82. The van der Waals surface area contributed by atoms with Crippen LogP contribution in [0.1, 0.15) is 10.4 Å². The van der Waals surface area contributed by atoms with Gasteiger partial charge in [0.1, 0.15) is 0 Å². The Morgan fingerprint density at radius 1 is 1.18 bits per heavy atom. The average Bonchev–Trinajstić information content (AvgIpc) is 3.15.